The number of hydrogen-bond donors (Lipinski definition) is 1. The molecule has 5 rings (SSSR count). The number of amides is 1. The average Bonchev–Trinajstić information content (AvgIpc) is 2.93. The molecule has 1 N–H and O–H groups in total. The Morgan fingerprint density at radius 2 is 1.33 bits per heavy atom. The van der Waals surface area contributed by atoms with Crippen molar-refractivity contribution in [2.75, 3.05) is 11.9 Å². The summed E-state index contributed by atoms with van der Waals surface area (Å²) < 4.78 is 5.24. The number of halogens is 2. The minimum Gasteiger partial charge on any atom is -0.452 e. The van der Waals surface area contributed by atoms with Crippen molar-refractivity contribution >= 4 is 51.8 Å². The molecule has 194 valence electrons. The Kier molecular flexibility index (Phi) is 7.59. The Balaban J connectivity index is 1.42. The SMILES string of the molecule is Cc1ccc(-c2nc3ccc(C(=O)OCC(=O)Nc4cc(Cl)ccc4Cl)cc3nc2-c2ccc(C)cc2)cc1. The monoisotopic (exact) mass is 555 g/mol. The summed E-state index contributed by atoms with van der Waals surface area (Å²) in [4.78, 5) is 34.9. The van der Waals surface area contributed by atoms with Crippen molar-refractivity contribution in [1.29, 1.82) is 0 Å². The van der Waals surface area contributed by atoms with E-state index in [2.05, 4.69) is 5.32 Å². The van der Waals surface area contributed by atoms with Gasteiger partial charge >= 0.3 is 5.97 Å². The van der Waals surface area contributed by atoms with E-state index in [1.165, 1.54) is 6.07 Å². The first-order valence-electron chi connectivity index (χ1n) is 12.1. The molecule has 0 radical (unpaired) electrons. The van der Waals surface area contributed by atoms with Crippen LogP contribution in [0.1, 0.15) is 21.5 Å². The third-order valence-electron chi connectivity index (χ3n) is 6.09. The highest BCUT2D eigenvalue weighted by Gasteiger charge is 2.17. The number of aromatic nitrogens is 2. The first kappa shape index (κ1) is 26.4. The van der Waals surface area contributed by atoms with E-state index in [9.17, 15) is 9.59 Å². The maximum Gasteiger partial charge on any atom is 0.338 e. The van der Waals surface area contributed by atoms with Gasteiger partial charge in [0.15, 0.2) is 6.61 Å². The van der Waals surface area contributed by atoms with Gasteiger partial charge in [-0.1, -0.05) is 82.9 Å². The third kappa shape index (κ3) is 6.08. The highest BCUT2D eigenvalue weighted by Crippen LogP contribution is 2.32. The van der Waals surface area contributed by atoms with Crippen molar-refractivity contribution in [3.8, 4) is 22.5 Å². The molecular formula is C31H23Cl2N3O3. The Hall–Kier alpha value is -4.26. The molecule has 0 spiro atoms. The van der Waals surface area contributed by atoms with E-state index in [4.69, 9.17) is 37.9 Å². The number of anilines is 1. The number of benzene rings is 4. The highest BCUT2D eigenvalue weighted by atomic mass is 35.5. The fraction of sp³-hybridized carbons (Fsp3) is 0.0968. The number of nitrogens with one attached hydrogen (secondary N) is 1. The molecule has 0 saturated heterocycles. The summed E-state index contributed by atoms with van der Waals surface area (Å²) in [7, 11) is 0. The zero-order valence-corrected chi connectivity index (χ0v) is 22.7. The van der Waals surface area contributed by atoms with Crippen LogP contribution in [0.3, 0.4) is 0 Å². The number of carbonyl (C=O) groups is 2. The zero-order chi connectivity index (χ0) is 27.5. The molecule has 0 aliphatic heterocycles. The van der Waals surface area contributed by atoms with Crippen LogP contribution in [0.15, 0.2) is 84.9 Å². The summed E-state index contributed by atoms with van der Waals surface area (Å²) in [6.45, 7) is 3.57. The van der Waals surface area contributed by atoms with E-state index >= 15 is 0 Å². The lowest BCUT2D eigenvalue weighted by molar-refractivity contribution is -0.119. The minimum absolute atomic E-state index is 0.253. The van der Waals surface area contributed by atoms with Crippen molar-refractivity contribution in [2.24, 2.45) is 0 Å². The molecule has 0 saturated carbocycles. The summed E-state index contributed by atoms with van der Waals surface area (Å²) in [5, 5.41) is 3.32. The van der Waals surface area contributed by atoms with E-state index in [-0.39, 0.29) is 5.56 Å². The van der Waals surface area contributed by atoms with Gasteiger partial charge in [0, 0.05) is 16.1 Å². The van der Waals surface area contributed by atoms with Gasteiger partial charge in [0.1, 0.15) is 0 Å². The zero-order valence-electron chi connectivity index (χ0n) is 21.2. The maximum absolute atomic E-state index is 12.8. The van der Waals surface area contributed by atoms with Crippen LogP contribution in [0.25, 0.3) is 33.5 Å². The number of aryl methyl sites for hydroxylation is 2. The number of carbonyl (C=O) groups excluding carboxylic acids is 2. The molecule has 4 aromatic carbocycles. The molecule has 6 nitrogen and oxygen atoms in total. The number of nitrogens with zero attached hydrogens (tertiary/aromatic N) is 2. The molecule has 0 unspecified atom stereocenters. The third-order valence-corrected chi connectivity index (χ3v) is 6.65. The van der Waals surface area contributed by atoms with Crippen molar-refractivity contribution in [3.63, 3.8) is 0 Å². The van der Waals surface area contributed by atoms with E-state index < -0.39 is 18.5 Å². The Bertz CT molecular complexity index is 1700. The van der Waals surface area contributed by atoms with Crippen LogP contribution in [0.5, 0.6) is 0 Å². The predicted molar refractivity (Wildman–Crippen MR) is 155 cm³/mol. The smallest absolute Gasteiger partial charge is 0.338 e. The minimum atomic E-state index is -0.662. The van der Waals surface area contributed by atoms with Gasteiger partial charge in [-0.25, -0.2) is 14.8 Å². The maximum atomic E-state index is 12.8. The first-order valence-corrected chi connectivity index (χ1v) is 12.9. The Morgan fingerprint density at radius 3 is 1.95 bits per heavy atom. The number of rotatable bonds is 6. The van der Waals surface area contributed by atoms with Gasteiger partial charge in [0.05, 0.1) is 38.7 Å². The van der Waals surface area contributed by atoms with Gasteiger partial charge in [0.2, 0.25) is 0 Å². The molecule has 0 bridgehead atoms. The number of hydrogen-bond acceptors (Lipinski definition) is 5. The molecule has 0 aliphatic carbocycles. The molecule has 1 aromatic heterocycles. The largest absolute Gasteiger partial charge is 0.452 e. The molecule has 1 heterocycles. The number of ether oxygens (including phenoxy) is 1. The Labute approximate surface area is 235 Å². The van der Waals surface area contributed by atoms with Crippen LogP contribution in [0.4, 0.5) is 5.69 Å². The molecule has 0 atom stereocenters. The normalized spacial score (nSPS) is 10.9. The molecule has 0 fully saturated rings. The fourth-order valence-corrected chi connectivity index (χ4v) is 4.34. The van der Waals surface area contributed by atoms with Crippen LogP contribution in [-0.4, -0.2) is 28.5 Å². The predicted octanol–water partition coefficient (Wildman–Crippen LogP) is 7.68. The highest BCUT2D eigenvalue weighted by molar-refractivity contribution is 6.35. The van der Waals surface area contributed by atoms with Crippen molar-refractivity contribution < 1.29 is 14.3 Å². The van der Waals surface area contributed by atoms with Crippen molar-refractivity contribution in [3.05, 3.63) is 112 Å². The lowest BCUT2D eigenvalue weighted by atomic mass is 10.0. The van der Waals surface area contributed by atoms with Gasteiger partial charge in [-0.15, -0.1) is 0 Å². The summed E-state index contributed by atoms with van der Waals surface area (Å²) in [5.74, 6) is -1.21. The van der Waals surface area contributed by atoms with Crippen molar-refractivity contribution in [1.82, 2.24) is 9.97 Å². The van der Waals surface area contributed by atoms with E-state index in [0.29, 0.717) is 32.5 Å². The lowest BCUT2D eigenvalue weighted by Crippen LogP contribution is -2.21. The summed E-state index contributed by atoms with van der Waals surface area (Å²) in [5.41, 5.74) is 7.34. The van der Waals surface area contributed by atoms with Crippen LogP contribution in [-0.2, 0) is 9.53 Å². The van der Waals surface area contributed by atoms with Gasteiger partial charge < -0.3 is 10.1 Å². The van der Waals surface area contributed by atoms with Gasteiger partial charge in [-0.3, -0.25) is 4.79 Å². The molecular weight excluding hydrogens is 533 g/mol. The van der Waals surface area contributed by atoms with Crippen LogP contribution in [0.2, 0.25) is 10.0 Å². The number of fused-ring (bicyclic) bond motifs is 1. The summed E-state index contributed by atoms with van der Waals surface area (Å²) >= 11 is 12.0. The lowest BCUT2D eigenvalue weighted by Gasteiger charge is -2.12. The van der Waals surface area contributed by atoms with Crippen molar-refractivity contribution in [2.45, 2.75) is 13.8 Å². The van der Waals surface area contributed by atoms with Gasteiger partial charge in [0.25, 0.3) is 5.91 Å². The van der Waals surface area contributed by atoms with E-state index in [0.717, 1.165) is 27.9 Å². The quantitative estimate of drug-likeness (QED) is 0.217. The molecule has 5 aromatic rings. The first-order chi connectivity index (χ1) is 18.8. The van der Waals surface area contributed by atoms with E-state index in [1.807, 2.05) is 62.4 Å². The van der Waals surface area contributed by atoms with Crippen LogP contribution < -0.4 is 5.32 Å². The molecule has 39 heavy (non-hydrogen) atoms. The van der Waals surface area contributed by atoms with Crippen LogP contribution >= 0.6 is 23.2 Å². The van der Waals surface area contributed by atoms with E-state index in [1.54, 1.807) is 30.3 Å². The molecule has 8 heteroatoms. The summed E-state index contributed by atoms with van der Waals surface area (Å²) in [6.07, 6.45) is 0. The summed E-state index contributed by atoms with van der Waals surface area (Å²) in [6, 6.07) is 25.8. The molecule has 1 amide bonds. The Morgan fingerprint density at radius 1 is 0.744 bits per heavy atom. The van der Waals surface area contributed by atoms with Gasteiger partial charge in [-0.05, 0) is 50.2 Å². The van der Waals surface area contributed by atoms with Gasteiger partial charge in [-0.2, -0.15) is 0 Å². The second-order valence-electron chi connectivity index (χ2n) is 9.10. The topological polar surface area (TPSA) is 81.2 Å². The van der Waals surface area contributed by atoms with Crippen LogP contribution in [0, 0.1) is 13.8 Å². The second kappa shape index (κ2) is 11.2. The fourth-order valence-electron chi connectivity index (χ4n) is 4.00. The number of esters is 1. The average molecular weight is 556 g/mol. The second-order valence-corrected chi connectivity index (χ2v) is 9.95. The molecule has 0 aliphatic rings. The standard InChI is InChI=1S/C31H23Cl2N3O3/c1-18-3-7-20(8-4-18)29-30(21-9-5-19(2)6-10-21)36-27-15-22(11-14-25(27)35-29)31(38)39-17-28(37)34-26-16-23(32)12-13-24(26)33/h3-16H,17H2,1-2H3,(H,34,37).